The minimum Gasteiger partial charge on any atom is -0.497 e. The second-order valence-electron chi connectivity index (χ2n) is 2.02. The van der Waals surface area contributed by atoms with E-state index in [9.17, 15) is 0 Å². The van der Waals surface area contributed by atoms with E-state index in [0.29, 0.717) is 11.2 Å². The van der Waals surface area contributed by atoms with E-state index in [1.54, 1.807) is 19.2 Å². The van der Waals surface area contributed by atoms with Crippen LogP contribution in [0.5, 0.6) is 5.75 Å². The van der Waals surface area contributed by atoms with Crippen molar-refractivity contribution in [2.75, 3.05) is 7.11 Å². The van der Waals surface area contributed by atoms with Gasteiger partial charge in [-0.05, 0) is 23.7 Å². The number of benzene rings is 1. The van der Waals surface area contributed by atoms with Gasteiger partial charge in [-0.2, -0.15) is 0 Å². The molecule has 0 aliphatic rings. The average Bonchev–Trinajstić information content (AvgIpc) is 2.04. The minimum absolute atomic E-state index is 0.663. The Bertz CT molecular complexity index is 252. The zero-order valence-electron chi connectivity index (χ0n) is 6.04. The molecule has 0 aliphatic heterocycles. The summed E-state index contributed by atoms with van der Waals surface area (Å²) in [7, 11) is 2.58. The Hall–Kier alpha value is -0.475. The molecule has 1 radical (unpaired) electrons. The first-order valence-corrected chi connectivity index (χ1v) is 3.88. The lowest BCUT2D eigenvalue weighted by molar-refractivity contribution is 0.417. The van der Waals surface area contributed by atoms with Crippen LogP contribution >= 0.6 is 15.9 Å². The molecule has 2 nitrogen and oxygen atoms in total. The third kappa shape index (κ3) is 1.98. The molecular formula is C7H7BBrO2. The fourth-order valence-corrected chi connectivity index (χ4v) is 1.18. The van der Waals surface area contributed by atoms with Crippen molar-refractivity contribution in [1.82, 2.24) is 0 Å². The number of rotatable bonds is 2. The summed E-state index contributed by atoms with van der Waals surface area (Å²) in [5.74, 6) is 0.663. The highest BCUT2D eigenvalue weighted by Crippen LogP contribution is 2.12. The summed E-state index contributed by atoms with van der Waals surface area (Å²) in [6.07, 6.45) is 0. The smallest absolute Gasteiger partial charge is 0.330 e. The van der Waals surface area contributed by atoms with Crippen LogP contribution in [0.3, 0.4) is 0 Å². The van der Waals surface area contributed by atoms with E-state index in [1.165, 1.54) is 0 Å². The van der Waals surface area contributed by atoms with E-state index >= 15 is 0 Å². The largest absolute Gasteiger partial charge is 0.497 e. The highest BCUT2D eigenvalue weighted by molar-refractivity contribution is 9.10. The molecule has 1 rings (SSSR count). The Balaban J connectivity index is 3.06. The normalized spacial score (nSPS) is 9.36. The van der Waals surface area contributed by atoms with E-state index in [1.807, 2.05) is 6.07 Å². The van der Waals surface area contributed by atoms with Gasteiger partial charge in [0.05, 0.1) is 7.11 Å². The lowest BCUT2D eigenvalue weighted by Crippen LogP contribution is -2.15. The van der Waals surface area contributed by atoms with Gasteiger partial charge >= 0.3 is 7.48 Å². The second-order valence-corrected chi connectivity index (χ2v) is 2.93. The van der Waals surface area contributed by atoms with Crippen LogP contribution in [0.15, 0.2) is 22.7 Å². The molecule has 0 heterocycles. The molecule has 0 spiro atoms. The van der Waals surface area contributed by atoms with Crippen molar-refractivity contribution >= 4 is 28.9 Å². The molecule has 0 atom stereocenters. The fraction of sp³-hybridized carbons (Fsp3) is 0.143. The second kappa shape index (κ2) is 3.78. The van der Waals surface area contributed by atoms with E-state index in [4.69, 9.17) is 9.76 Å². The molecule has 57 valence electrons. The van der Waals surface area contributed by atoms with Crippen molar-refractivity contribution in [1.29, 1.82) is 0 Å². The zero-order valence-corrected chi connectivity index (χ0v) is 7.63. The molecule has 0 fully saturated rings. The SMILES string of the molecule is COc1ccc(Br)cc1[B]O. The van der Waals surface area contributed by atoms with Gasteiger partial charge in [0.25, 0.3) is 0 Å². The molecule has 0 aromatic heterocycles. The Morgan fingerprint density at radius 1 is 1.55 bits per heavy atom. The fourth-order valence-electron chi connectivity index (χ4n) is 0.806. The first kappa shape index (κ1) is 8.62. The monoisotopic (exact) mass is 213 g/mol. The highest BCUT2D eigenvalue weighted by Gasteiger charge is 2.02. The first-order chi connectivity index (χ1) is 5.27. The van der Waals surface area contributed by atoms with Gasteiger partial charge in [0.15, 0.2) is 0 Å². The van der Waals surface area contributed by atoms with Crippen LogP contribution in [0.4, 0.5) is 0 Å². The number of hydrogen-bond donors (Lipinski definition) is 1. The average molecular weight is 214 g/mol. The van der Waals surface area contributed by atoms with Crippen LogP contribution in [-0.2, 0) is 0 Å². The maximum Gasteiger partial charge on any atom is 0.330 e. The van der Waals surface area contributed by atoms with Crippen molar-refractivity contribution in [2.45, 2.75) is 0 Å². The summed E-state index contributed by atoms with van der Waals surface area (Å²) in [5, 5.41) is 8.75. The Morgan fingerprint density at radius 3 is 2.82 bits per heavy atom. The maximum atomic E-state index is 8.75. The van der Waals surface area contributed by atoms with E-state index in [2.05, 4.69) is 15.9 Å². The highest BCUT2D eigenvalue weighted by atomic mass is 79.9. The summed E-state index contributed by atoms with van der Waals surface area (Å²) in [4.78, 5) is 0. The van der Waals surface area contributed by atoms with Crippen molar-refractivity contribution in [3.63, 3.8) is 0 Å². The van der Waals surface area contributed by atoms with Crippen molar-refractivity contribution in [2.24, 2.45) is 0 Å². The van der Waals surface area contributed by atoms with Gasteiger partial charge < -0.3 is 9.76 Å². The molecule has 1 N–H and O–H groups in total. The van der Waals surface area contributed by atoms with Crippen molar-refractivity contribution in [3.05, 3.63) is 22.7 Å². The zero-order chi connectivity index (χ0) is 8.27. The van der Waals surface area contributed by atoms with Gasteiger partial charge in [-0.25, -0.2) is 0 Å². The van der Waals surface area contributed by atoms with Gasteiger partial charge in [-0.3, -0.25) is 0 Å². The molecule has 0 aliphatic carbocycles. The molecule has 11 heavy (non-hydrogen) atoms. The molecule has 0 unspecified atom stereocenters. The molecule has 4 heteroatoms. The molecule has 0 amide bonds. The quantitative estimate of drug-likeness (QED) is 0.733. The standard InChI is InChI=1S/C7H7BBrO2/c1-11-7-3-2-5(9)4-6(7)8-10/h2-4,10H,1H3. The molecule has 0 bridgehead atoms. The summed E-state index contributed by atoms with van der Waals surface area (Å²) >= 11 is 3.28. The van der Waals surface area contributed by atoms with Crippen LogP contribution in [0, 0.1) is 0 Å². The topological polar surface area (TPSA) is 29.5 Å². The summed E-state index contributed by atoms with van der Waals surface area (Å²) in [6, 6.07) is 5.41. The van der Waals surface area contributed by atoms with Gasteiger partial charge in [-0.15, -0.1) is 0 Å². The van der Waals surface area contributed by atoms with Crippen molar-refractivity contribution < 1.29 is 9.76 Å². The van der Waals surface area contributed by atoms with Crippen LogP contribution in [0.2, 0.25) is 0 Å². The third-order valence-corrected chi connectivity index (χ3v) is 1.82. The lowest BCUT2D eigenvalue weighted by Gasteiger charge is -2.04. The van der Waals surface area contributed by atoms with Crippen LogP contribution in [-0.4, -0.2) is 19.6 Å². The van der Waals surface area contributed by atoms with E-state index in [-0.39, 0.29) is 0 Å². The number of ether oxygens (including phenoxy) is 1. The van der Waals surface area contributed by atoms with E-state index < -0.39 is 0 Å². The van der Waals surface area contributed by atoms with Gasteiger partial charge in [0, 0.05) is 4.47 Å². The van der Waals surface area contributed by atoms with Crippen LogP contribution < -0.4 is 10.2 Å². The minimum atomic E-state index is 0.663. The molecule has 0 saturated carbocycles. The number of methoxy groups -OCH3 is 1. The lowest BCUT2D eigenvalue weighted by atomic mass is 9.88. The van der Waals surface area contributed by atoms with Crippen LogP contribution in [0.25, 0.3) is 0 Å². The predicted molar refractivity (Wildman–Crippen MR) is 48.3 cm³/mol. The maximum absolute atomic E-state index is 8.75. The first-order valence-electron chi connectivity index (χ1n) is 3.09. The molecule has 1 aromatic carbocycles. The number of halogens is 1. The van der Waals surface area contributed by atoms with Gasteiger partial charge in [0.1, 0.15) is 5.75 Å². The van der Waals surface area contributed by atoms with Gasteiger partial charge in [0.2, 0.25) is 0 Å². The summed E-state index contributed by atoms with van der Waals surface area (Å²) in [6.45, 7) is 0. The Labute approximate surface area is 74.6 Å². The summed E-state index contributed by atoms with van der Waals surface area (Å²) in [5.41, 5.74) is 0.668. The molecule has 1 aromatic rings. The Morgan fingerprint density at radius 2 is 2.27 bits per heavy atom. The van der Waals surface area contributed by atoms with E-state index in [0.717, 1.165) is 12.0 Å². The molecular weight excluding hydrogens is 207 g/mol. The number of hydrogen-bond acceptors (Lipinski definition) is 2. The molecule has 0 saturated heterocycles. The summed E-state index contributed by atoms with van der Waals surface area (Å²) < 4.78 is 5.89. The predicted octanol–water partition coefficient (Wildman–Crippen LogP) is 0.694. The van der Waals surface area contributed by atoms with Crippen LogP contribution in [0.1, 0.15) is 0 Å². The third-order valence-electron chi connectivity index (χ3n) is 1.33. The van der Waals surface area contributed by atoms with Gasteiger partial charge in [-0.1, -0.05) is 15.9 Å². The Kier molecular flexibility index (Phi) is 2.97. The van der Waals surface area contributed by atoms with Crippen molar-refractivity contribution in [3.8, 4) is 5.75 Å².